The Labute approximate surface area is 89.8 Å². The second-order valence-corrected chi connectivity index (χ2v) is 5.68. The average molecular weight is 215 g/mol. The highest BCUT2D eigenvalue weighted by molar-refractivity contribution is 6.44. The molecule has 1 rings (SSSR count). The van der Waals surface area contributed by atoms with E-state index in [0.717, 1.165) is 19.1 Å². The summed E-state index contributed by atoms with van der Waals surface area (Å²) in [4.78, 5) is 0. The lowest BCUT2D eigenvalue weighted by Crippen LogP contribution is -2.26. The van der Waals surface area contributed by atoms with Crippen molar-refractivity contribution in [2.75, 3.05) is 13.2 Å². The Balaban J connectivity index is 2.21. The predicted octanol–water partition coefficient (Wildman–Crippen LogP) is 3.13. The maximum absolute atomic E-state index is 5.66. The Bertz CT molecular complexity index is 129. The maximum atomic E-state index is 5.66. The molecule has 1 fully saturated rings. The molecule has 0 N–H and O–H groups in total. The first-order valence-electron chi connectivity index (χ1n) is 5.98. The van der Waals surface area contributed by atoms with E-state index in [1.54, 1.807) is 0 Å². The summed E-state index contributed by atoms with van der Waals surface area (Å²) < 4.78 is 11.3. The van der Waals surface area contributed by atoms with Gasteiger partial charge in [-0.05, 0) is 25.8 Å². The molecule has 0 saturated heterocycles. The van der Waals surface area contributed by atoms with Gasteiger partial charge in [0.15, 0.2) is 0 Å². The van der Waals surface area contributed by atoms with E-state index in [0.29, 0.717) is 0 Å². The van der Waals surface area contributed by atoms with Crippen molar-refractivity contribution >= 4 is 9.28 Å². The summed E-state index contributed by atoms with van der Waals surface area (Å²) >= 11 is 0. The highest BCUT2D eigenvalue weighted by atomic mass is 28.3. The van der Waals surface area contributed by atoms with Gasteiger partial charge in [0.25, 0.3) is 0 Å². The molecule has 0 unspecified atom stereocenters. The molecule has 1 aliphatic rings. The summed E-state index contributed by atoms with van der Waals surface area (Å²) in [5.41, 5.74) is 0. The Kier molecular flexibility index (Phi) is 6.48. The van der Waals surface area contributed by atoms with E-state index in [2.05, 4.69) is 13.8 Å². The molecule has 0 heterocycles. The molecule has 0 aliphatic heterocycles. The molecule has 1 saturated carbocycles. The van der Waals surface area contributed by atoms with Gasteiger partial charge in [-0.3, -0.25) is 0 Å². The van der Waals surface area contributed by atoms with Crippen LogP contribution in [0.25, 0.3) is 0 Å². The van der Waals surface area contributed by atoms with E-state index in [1.165, 1.54) is 38.1 Å². The van der Waals surface area contributed by atoms with Crippen LogP contribution >= 0.6 is 0 Å². The quantitative estimate of drug-likeness (QED) is 0.634. The van der Waals surface area contributed by atoms with E-state index in [4.69, 9.17) is 8.85 Å². The number of rotatable bonds is 6. The van der Waals surface area contributed by atoms with Gasteiger partial charge in [0.1, 0.15) is 0 Å². The minimum atomic E-state index is -0.945. The van der Waals surface area contributed by atoms with Crippen LogP contribution in [-0.2, 0) is 8.85 Å². The molecule has 83 valence electrons. The van der Waals surface area contributed by atoms with Crippen LogP contribution < -0.4 is 0 Å². The lowest BCUT2D eigenvalue weighted by atomic mass is 9.91. The van der Waals surface area contributed by atoms with E-state index >= 15 is 0 Å². The molecular weight excluding hydrogens is 192 g/mol. The molecule has 3 heteroatoms. The fourth-order valence-electron chi connectivity index (χ4n) is 2.11. The first kappa shape index (κ1) is 12.2. The summed E-state index contributed by atoms with van der Waals surface area (Å²) in [5, 5.41) is 0. The van der Waals surface area contributed by atoms with Crippen molar-refractivity contribution in [3.05, 3.63) is 0 Å². The monoisotopic (exact) mass is 215 g/mol. The van der Waals surface area contributed by atoms with Gasteiger partial charge >= 0.3 is 9.28 Å². The van der Waals surface area contributed by atoms with Crippen molar-refractivity contribution in [3.63, 3.8) is 0 Å². The van der Waals surface area contributed by atoms with Crippen molar-refractivity contribution in [3.8, 4) is 0 Å². The van der Waals surface area contributed by atoms with Crippen LogP contribution in [0.3, 0.4) is 0 Å². The summed E-state index contributed by atoms with van der Waals surface area (Å²) in [6, 6.07) is 1.20. The van der Waals surface area contributed by atoms with E-state index in [9.17, 15) is 0 Å². The molecule has 0 amide bonds. The van der Waals surface area contributed by atoms with Crippen molar-refractivity contribution in [1.82, 2.24) is 0 Å². The third-order valence-electron chi connectivity index (χ3n) is 2.79. The summed E-state index contributed by atoms with van der Waals surface area (Å²) in [6.45, 7) is 5.73. The van der Waals surface area contributed by atoms with Gasteiger partial charge in [-0.15, -0.1) is 0 Å². The molecular formula is C11H23O2Si. The topological polar surface area (TPSA) is 18.5 Å². The van der Waals surface area contributed by atoms with Crippen LogP contribution in [0.5, 0.6) is 0 Å². The van der Waals surface area contributed by atoms with Gasteiger partial charge in [0.05, 0.1) is 0 Å². The zero-order chi connectivity index (χ0) is 10.2. The average Bonchev–Trinajstić information content (AvgIpc) is 2.20. The van der Waals surface area contributed by atoms with Crippen molar-refractivity contribution in [2.45, 2.75) is 52.0 Å². The van der Waals surface area contributed by atoms with E-state index in [1.807, 2.05) is 0 Å². The largest absolute Gasteiger partial charge is 0.394 e. The Morgan fingerprint density at radius 3 is 2.07 bits per heavy atom. The van der Waals surface area contributed by atoms with Crippen LogP contribution in [0.1, 0.15) is 46.0 Å². The van der Waals surface area contributed by atoms with Gasteiger partial charge in [0, 0.05) is 13.2 Å². The van der Waals surface area contributed by atoms with Crippen molar-refractivity contribution < 1.29 is 8.85 Å². The molecule has 14 heavy (non-hydrogen) atoms. The molecule has 0 aromatic carbocycles. The number of hydrogen-bond acceptors (Lipinski definition) is 2. The first-order chi connectivity index (χ1) is 6.86. The normalized spacial score (nSPS) is 19.1. The Morgan fingerprint density at radius 2 is 1.57 bits per heavy atom. The molecule has 1 aliphatic carbocycles. The Hall–Kier alpha value is 0.137. The van der Waals surface area contributed by atoms with Crippen molar-refractivity contribution in [2.24, 2.45) is 5.92 Å². The highest BCUT2D eigenvalue weighted by Crippen LogP contribution is 2.28. The third kappa shape index (κ3) is 4.58. The third-order valence-corrected chi connectivity index (χ3v) is 4.92. The van der Waals surface area contributed by atoms with Crippen LogP contribution in [-0.4, -0.2) is 22.5 Å². The van der Waals surface area contributed by atoms with Gasteiger partial charge in [-0.2, -0.15) is 0 Å². The molecule has 0 bridgehead atoms. The van der Waals surface area contributed by atoms with Crippen LogP contribution in [0.2, 0.25) is 6.04 Å². The van der Waals surface area contributed by atoms with Gasteiger partial charge in [-0.25, -0.2) is 0 Å². The van der Waals surface area contributed by atoms with Crippen LogP contribution in [0.15, 0.2) is 0 Å². The molecule has 0 aromatic heterocycles. The standard InChI is InChI=1S/C11H23O2Si/c1-3-12-14(13-4-2)10-11-8-6-5-7-9-11/h11H,3-10H2,1-2H3. The van der Waals surface area contributed by atoms with Gasteiger partial charge < -0.3 is 8.85 Å². The molecule has 1 radical (unpaired) electrons. The van der Waals surface area contributed by atoms with Crippen LogP contribution in [0, 0.1) is 5.92 Å². The highest BCUT2D eigenvalue weighted by Gasteiger charge is 2.22. The lowest BCUT2D eigenvalue weighted by molar-refractivity contribution is 0.203. The minimum Gasteiger partial charge on any atom is -0.394 e. The predicted molar refractivity (Wildman–Crippen MR) is 60.4 cm³/mol. The fraction of sp³-hybridized carbons (Fsp3) is 1.00. The van der Waals surface area contributed by atoms with Crippen molar-refractivity contribution in [1.29, 1.82) is 0 Å². The minimum absolute atomic E-state index is 0.807. The SMILES string of the molecule is CCO[Si](CC1CCCCC1)OCC. The maximum Gasteiger partial charge on any atom is 0.384 e. The Morgan fingerprint density at radius 1 is 1.00 bits per heavy atom. The first-order valence-corrected chi connectivity index (χ1v) is 7.50. The molecule has 2 nitrogen and oxygen atoms in total. The van der Waals surface area contributed by atoms with Gasteiger partial charge in [0.2, 0.25) is 0 Å². The summed E-state index contributed by atoms with van der Waals surface area (Å²) in [5.74, 6) is 0.885. The molecule has 0 spiro atoms. The summed E-state index contributed by atoms with van der Waals surface area (Å²) in [6.07, 6.45) is 7.06. The smallest absolute Gasteiger partial charge is 0.384 e. The second kappa shape index (κ2) is 7.43. The summed E-state index contributed by atoms with van der Waals surface area (Å²) in [7, 11) is -0.945. The lowest BCUT2D eigenvalue weighted by Gasteiger charge is -2.24. The van der Waals surface area contributed by atoms with E-state index < -0.39 is 9.28 Å². The second-order valence-electron chi connectivity index (χ2n) is 3.95. The molecule has 0 aromatic rings. The fourth-order valence-corrected chi connectivity index (χ4v) is 3.95. The molecule has 0 atom stereocenters. The zero-order valence-corrected chi connectivity index (χ0v) is 10.6. The van der Waals surface area contributed by atoms with Gasteiger partial charge in [-0.1, -0.05) is 32.1 Å². The number of hydrogen-bond donors (Lipinski definition) is 0. The van der Waals surface area contributed by atoms with Crippen LogP contribution in [0.4, 0.5) is 0 Å². The zero-order valence-electron chi connectivity index (χ0n) is 9.55. The van der Waals surface area contributed by atoms with E-state index in [-0.39, 0.29) is 0 Å².